The van der Waals surface area contributed by atoms with Gasteiger partial charge in [-0.05, 0) is 32.9 Å². The first kappa shape index (κ1) is 13.6. The second-order valence-corrected chi connectivity index (χ2v) is 4.59. The van der Waals surface area contributed by atoms with Gasteiger partial charge in [0.2, 0.25) is 0 Å². The smallest absolute Gasteiger partial charge is 0.254 e. The number of nitrogens with two attached hydrogens (primary N) is 1. The molecule has 3 nitrogen and oxygen atoms in total. The van der Waals surface area contributed by atoms with Crippen LogP contribution in [0.2, 0.25) is 0 Å². The van der Waals surface area contributed by atoms with Gasteiger partial charge in [0.05, 0.1) is 5.56 Å². The summed E-state index contributed by atoms with van der Waals surface area (Å²) >= 11 is 0. The van der Waals surface area contributed by atoms with Gasteiger partial charge in [0.15, 0.2) is 0 Å². The summed E-state index contributed by atoms with van der Waals surface area (Å²) in [6, 6.07) is 2.53. The van der Waals surface area contributed by atoms with E-state index in [-0.39, 0.29) is 11.6 Å². The molecular weight excluding hydrogens is 226 g/mol. The molecule has 1 rings (SSSR count). The van der Waals surface area contributed by atoms with Gasteiger partial charge in [-0.3, -0.25) is 4.79 Å². The lowest BCUT2D eigenvalue weighted by molar-refractivity contribution is 0.0899. The van der Waals surface area contributed by atoms with E-state index in [0.29, 0.717) is 6.07 Å². The largest absolute Gasteiger partial charge is 0.346 e. The molecule has 3 N–H and O–H groups in total. The molecule has 1 amide bonds. The van der Waals surface area contributed by atoms with Crippen molar-refractivity contribution >= 4 is 5.91 Å². The molecule has 0 fully saturated rings. The summed E-state index contributed by atoms with van der Waals surface area (Å²) in [5, 5.41) is 2.61. The minimum Gasteiger partial charge on any atom is -0.346 e. The highest BCUT2D eigenvalue weighted by atomic mass is 19.1. The average molecular weight is 242 g/mol. The minimum absolute atomic E-state index is 0.194. The molecule has 0 saturated carbocycles. The number of hydrogen-bond donors (Lipinski definition) is 2. The number of rotatable bonds is 3. The monoisotopic (exact) mass is 242 g/mol. The van der Waals surface area contributed by atoms with E-state index >= 15 is 0 Å². The summed E-state index contributed by atoms with van der Waals surface area (Å²) in [4.78, 5) is 11.8. The van der Waals surface area contributed by atoms with Crippen LogP contribution in [-0.4, -0.2) is 17.5 Å². The van der Waals surface area contributed by atoms with Gasteiger partial charge in [0.25, 0.3) is 5.91 Å². The van der Waals surface area contributed by atoms with E-state index in [2.05, 4.69) is 5.32 Å². The van der Waals surface area contributed by atoms with E-state index in [4.69, 9.17) is 5.73 Å². The maximum absolute atomic E-state index is 13.3. The van der Waals surface area contributed by atoms with Crippen molar-refractivity contribution in [1.29, 1.82) is 0 Å². The van der Waals surface area contributed by atoms with E-state index in [0.717, 1.165) is 12.1 Å². The zero-order chi connectivity index (χ0) is 13.2. The Kier molecular flexibility index (Phi) is 3.83. The maximum Gasteiger partial charge on any atom is 0.254 e. The summed E-state index contributed by atoms with van der Waals surface area (Å²) in [6.45, 7) is 5.20. The van der Waals surface area contributed by atoms with Crippen molar-refractivity contribution in [2.45, 2.75) is 32.4 Å². The Morgan fingerprint density at radius 2 is 2.00 bits per heavy atom. The molecule has 0 aliphatic carbocycles. The van der Waals surface area contributed by atoms with Crippen molar-refractivity contribution in [3.05, 3.63) is 35.4 Å². The normalized spacial score (nSPS) is 13.3. The highest BCUT2D eigenvalue weighted by Crippen LogP contribution is 2.12. The average Bonchev–Trinajstić information content (AvgIpc) is 2.15. The molecular formula is C12H16F2N2O. The second-order valence-electron chi connectivity index (χ2n) is 4.59. The molecule has 94 valence electrons. The molecule has 0 aliphatic rings. The van der Waals surface area contributed by atoms with Gasteiger partial charge in [-0.2, -0.15) is 0 Å². The van der Waals surface area contributed by atoms with Crippen LogP contribution < -0.4 is 11.1 Å². The summed E-state index contributed by atoms with van der Waals surface area (Å²) < 4.78 is 26.0. The van der Waals surface area contributed by atoms with Gasteiger partial charge in [-0.1, -0.05) is 0 Å². The Hall–Kier alpha value is -1.49. The number of hydrogen-bond acceptors (Lipinski definition) is 2. The van der Waals surface area contributed by atoms with Crippen LogP contribution in [0, 0.1) is 11.6 Å². The van der Waals surface area contributed by atoms with Crippen LogP contribution in [0.5, 0.6) is 0 Å². The quantitative estimate of drug-likeness (QED) is 0.849. The predicted molar refractivity (Wildman–Crippen MR) is 61.6 cm³/mol. The third-order valence-electron chi connectivity index (χ3n) is 2.75. The molecule has 0 spiro atoms. The van der Waals surface area contributed by atoms with Crippen LogP contribution in [0.25, 0.3) is 0 Å². The standard InChI is InChI=1S/C12H16F2N2O/c1-7(15)12(2,3)16-11(17)9-5-4-8(13)6-10(9)14/h4-7H,15H2,1-3H3,(H,16,17). The van der Waals surface area contributed by atoms with Gasteiger partial charge >= 0.3 is 0 Å². The molecule has 0 heterocycles. The molecule has 17 heavy (non-hydrogen) atoms. The fourth-order valence-electron chi connectivity index (χ4n) is 1.15. The molecule has 1 atom stereocenters. The van der Waals surface area contributed by atoms with Crippen LogP contribution in [0.4, 0.5) is 8.78 Å². The molecule has 1 aromatic rings. The first-order valence-corrected chi connectivity index (χ1v) is 5.27. The highest BCUT2D eigenvalue weighted by molar-refractivity contribution is 5.94. The molecule has 1 unspecified atom stereocenters. The van der Waals surface area contributed by atoms with Gasteiger partial charge in [0.1, 0.15) is 11.6 Å². The molecule has 1 aromatic carbocycles. The Labute approximate surface area is 99.0 Å². The van der Waals surface area contributed by atoms with E-state index in [1.165, 1.54) is 0 Å². The third-order valence-corrected chi connectivity index (χ3v) is 2.75. The number of carbonyl (C=O) groups is 1. The number of benzene rings is 1. The molecule has 0 saturated heterocycles. The Morgan fingerprint density at radius 1 is 1.41 bits per heavy atom. The van der Waals surface area contributed by atoms with E-state index < -0.39 is 23.1 Å². The Balaban J connectivity index is 2.91. The van der Waals surface area contributed by atoms with Gasteiger partial charge in [-0.25, -0.2) is 8.78 Å². The van der Waals surface area contributed by atoms with Crippen LogP contribution in [0.3, 0.4) is 0 Å². The lowest BCUT2D eigenvalue weighted by atomic mass is 9.96. The van der Waals surface area contributed by atoms with Crippen molar-refractivity contribution < 1.29 is 13.6 Å². The number of carbonyl (C=O) groups excluding carboxylic acids is 1. The first-order chi connectivity index (χ1) is 7.74. The van der Waals surface area contributed by atoms with Crippen molar-refractivity contribution in [2.75, 3.05) is 0 Å². The van der Waals surface area contributed by atoms with Crippen LogP contribution in [0.1, 0.15) is 31.1 Å². The minimum atomic E-state index is -0.886. The zero-order valence-corrected chi connectivity index (χ0v) is 10.1. The third kappa shape index (κ3) is 3.23. The lowest BCUT2D eigenvalue weighted by Crippen LogP contribution is -2.54. The fraction of sp³-hybridized carbons (Fsp3) is 0.417. The van der Waals surface area contributed by atoms with Crippen molar-refractivity contribution in [1.82, 2.24) is 5.32 Å². The molecule has 0 aliphatic heterocycles. The molecule has 5 heteroatoms. The number of halogens is 2. The second kappa shape index (κ2) is 4.79. The van der Waals surface area contributed by atoms with Crippen LogP contribution in [-0.2, 0) is 0 Å². The topological polar surface area (TPSA) is 55.1 Å². The zero-order valence-electron chi connectivity index (χ0n) is 10.1. The van der Waals surface area contributed by atoms with Crippen molar-refractivity contribution in [2.24, 2.45) is 5.73 Å². The lowest BCUT2D eigenvalue weighted by Gasteiger charge is -2.30. The summed E-state index contributed by atoms with van der Waals surface area (Å²) in [7, 11) is 0. The fourth-order valence-corrected chi connectivity index (χ4v) is 1.15. The Bertz CT molecular complexity index is 431. The van der Waals surface area contributed by atoms with Crippen LogP contribution >= 0.6 is 0 Å². The molecule has 0 bridgehead atoms. The van der Waals surface area contributed by atoms with E-state index in [1.54, 1.807) is 20.8 Å². The summed E-state index contributed by atoms with van der Waals surface area (Å²) in [5.41, 5.74) is 4.83. The van der Waals surface area contributed by atoms with E-state index in [1.807, 2.05) is 0 Å². The number of amides is 1. The van der Waals surface area contributed by atoms with Crippen molar-refractivity contribution in [3.63, 3.8) is 0 Å². The molecule has 0 aromatic heterocycles. The summed E-state index contributed by atoms with van der Waals surface area (Å²) in [6.07, 6.45) is 0. The first-order valence-electron chi connectivity index (χ1n) is 5.27. The van der Waals surface area contributed by atoms with E-state index in [9.17, 15) is 13.6 Å². The molecule has 0 radical (unpaired) electrons. The highest BCUT2D eigenvalue weighted by Gasteiger charge is 2.26. The SMILES string of the molecule is CC(N)C(C)(C)NC(=O)c1ccc(F)cc1F. The van der Waals surface area contributed by atoms with Gasteiger partial charge < -0.3 is 11.1 Å². The summed E-state index contributed by atoms with van der Waals surface area (Å²) in [5.74, 6) is -2.21. The van der Waals surface area contributed by atoms with Crippen LogP contribution in [0.15, 0.2) is 18.2 Å². The van der Waals surface area contributed by atoms with Gasteiger partial charge in [-0.15, -0.1) is 0 Å². The van der Waals surface area contributed by atoms with Gasteiger partial charge in [0, 0.05) is 17.6 Å². The number of nitrogens with one attached hydrogen (secondary N) is 1. The Morgan fingerprint density at radius 3 is 2.47 bits per heavy atom. The van der Waals surface area contributed by atoms with Crippen molar-refractivity contribution in [3.8, 4) is 0 Å². The maximum atomic E-state index is 13.3. The predicted octanol–water partition coefficient (Wildman–Crippen LogP) is 1.82.